The van der Waals surface area contributed by atoms with Gasteiger partial charge in [-0.2, -0.15) is 0 Å². The fourth-order valence-electron chi connectivity index (χ4n) is 4.61. The summed E-state index contributed by atoms with van der Waals surface area (Å²) in [5, 5.41) is 6.65. The molecule has 9 heteroatoms. The Hall–Kier alpha value is -3.50. The van der Waals surface area contributed by atoms with Crippen LogP contribution in [0.3, 0.4) is 0 Å². The zero-order valence-corrected chi connectivity index (χ0v) is 25.1. The second-order valence-corrected chi connectivity index (χ2v) is 13.0. The molecule has 2 amide bonds. The van der Waals surface area contributed by atoms with Crippen LogP contribution in [-0.4, -0.2) is 45.9 Å². The van der Waals surface area contributed by atoms with Gasteiger partial charge in [0.2, 0.25) is 0 Å². The molecule has 7 nitrogen and oxygen atoms in total. The molecule has 0 aliphatic carbocycles. The van der Waals surface area contributed by atoms with Gasteiger partial charge < -0.3 is 20.1 Å². The Bertz CT molecular complexity index is 1530. The van der Waals surface area contributed by atoms with Crippen molar-refractivity contribution in [3.05, 3.63) is 94.5 Å². The SMILES string of the molecule is CC(C)N(C)CCCCc1ccc(-c2ncc(CNC(=O)c3ccc4c(c3)NC(=O)c3ccccc3[S+]4[O-])s2)cc1. The molecule has 3 aromatic carbocycles. The van der Waals surface area contributed by atoms with Gasteiger partial charge in [-0.05, 0) is 82.6 Å². The number of carbonyl (C=O) groups excluding carboxylic acids is 2. The van der Waals surface area contributed by atoms with E-state index >= 15 is 0 Å². The van der Waals surface area contributed by atoms with Crippen LogP contribution in [0.25, 0.3) is 10.6 Å². The molecule has 212 valence electrons. The molecule has 41 heavy (non-hydrogen) atoms. The first kappa shape index (κ1) is 29.0. The molecule has 1 aliphatic heterocycles. The van der Waals surface area contributed by atoms with Crippen molar-refractivity contribution < 1.29 is 14.1 Å². The molecule has 0 radical (unpaired) electrons. The number of unbranched alkanes of at least 4 members (excludes halogenated alkanes) is 1. The topological polar surface area (TPSA) is 97.4 Å². The highest BCUT2D eigenvalue weighted by Gasteiger charge is 2.30. The summed E-state index contributed by atoms with van der Waals surface area (Å²) >= 11 is 0.0173. The number of hydrogen-bond acceptors (Lipinski definition) is 6. The van der Waals surface area contributed by atoms with Crippen LogP contribution in [0.15, 0.2) is 82.7 Å². The van der Waals surface area contributed by atoms with Crippen molar-refractivity contribution >= 4 is 40.0 Å². The maximum atomic E-state index is 13.1. The summed E-state index contributed by atoms with van der Waals surface area (Å²) in [5.41, 5.74) is 3.52. The zero-order chi connectivity index (χ0) is 28.9. The van der Waals surface area contributed by atoms with Crippen molar-refractivity contribution in [3.8, 4) is 10.6 Å². The second-order valence-electron chi connectivity index (χ2n) is 10.5. The fraction of sp³-hybridized carbons (Fsp3) is 0.281. The minimum atomic E-state index is -1.53. The lowest BCUT2D eigenvalue weighted by Crippen LogP contribution is -2.27. The van der Waals surface area contributed by atoms with E-state index in [2.05, 4.69) is 65.7 Å². The molecule has 0 saturated carbocycles. The first-order valence-corrected chi connectivity index (χ1v) is 15.8. The fourth-order valence-corrected chi connectivity index (χ4v) is 6.77. The van der Waals surface area contributed by atoms with E-state index in [1.54, 1.807) is 60.0 Å². The number of thiazole rings is 1. The van der Waals surface area contributed by atoms with Crippen LogP contribution in [0.2, 0.25) is 0 Å². The van der Waals surface area contributed by atoms with Crippen molar-refractivity contribution in [2.45, 2.75) is 55.5 Å². The monoisotopic (exact) mass is 586 g/mol. The van der Waals surface area contributed by atoms with Crippen LogP contribution < -0.4 is 10.6 Å². The lowest BCUT2D eigenvalue weighted by molar-refractivity contribution is 0.0949. The molecule has 1 unspecified atom stereocenters. The Kier molecular flexibility index (Phi) is 9.19. The molecule has 4 aromatic rings. The summed E-state index contributed by atoms with van der Waals surface area (Å²) in [6.45, 7) is 5.89. The number of amides is 2. The predicted octanol–water partition coefficient (Wildman–Crippen LogP) is 6.14. The van der Waals surface area contributed by atoms with Gasteiger partial charge in [-0.1, -0.05) is 36.4 Å². The highest BCUT2D eigenvalue weighted by Crippen LogP contribution is 2.34. The quantitative estimate of drug-likeness (QED) is 0.172. The molecular formula is C32H34N4O3S2. The Morgan fingerprint density at radius 2 is 1.85 bits per heavy atom. The van der Waals surface area contributed by atoms with E-state index in [1.165, 1.54) is 18.4 Å². The maximum Gasteiger partial charge on any atom is 0.260 e. The second kappa shape index (κ2) is 13.0. The lowest BCUT2D eigenvalue weighted by Gasteiger charge is -2.20. The van der Waals surface area contributed by atoms with Gasteiger partial charge in [0.1, 0.15) is 5.01 Å². The Balaban J connectivity index is 1.16. The van der Waals surface area contributed by atoms with Crippen molar-refractivity contribution in [2.24, 2.45) is 0 Å². The Labute approximate surface area is 248 Å². The minimum absolute atomic E-state index is 0.284. The van der Waals surface area contributed by atoms with E-state index in [9.17, 15) is 14.1 Å². The summed E-state index contributed by atoms with van der Waals surface area (Å²) in [6, 6.07) is 20.8. The summed E-state index contributed by atoms with van der Waals surface area (Å²) in [4.78, 5) is 34.4. The number of nitrogens with one attached hydrogen (secondary N) is 2. The summed E-state index contributed by atoms with van der Waals surface area (Å²) in [6.07, 6.45) is 5.21. The van der Waals surface area contributed by atoms with Gasteiger partial charge in [0, 0.05) is 39.4 Å². The average Bonchev–Trinajstić information content (AvgIpc) is 3.43. The third-order valence-corrected chi connectivity index (χ3v) is 9.86. The van der Waals surface area contributed by atoms with E-state index in [1.807, 2.05) is 0 Å². The van der Waals surface area contributed by atoms with Crippen LogP contribution in [0.1, 0.15) is 57.8 Å². The van der Waals surface area contributed by atoms with E-state index in [-0.39, 0.29) is 11.8 Å². The normalized spacial score (nSPS) is 14.4. The molecule has 0 fully saturated rings. The van der Waals surface area contributed by atoms with Crippen molar-refractivity contribution in [1.82, 2.24) is 15.2 Å². The van der Waals surface area contributed by atoms with Gasteiger partial charge in [0.15, 0.2) is 9.79 Å². The summed E-state index contributed by atoms with van der Waals surface area (Å²) < 4.78 is 13.1. The molecule has 1 aliphatic rings. The average molecular weight is 587 g/mol. The van der Waals surface area contributed by atoms with Crippen LogP contribution in [0.4, 0.5) is 5.69 Å². The number of anilines is 1. The third kappa shape index (κ3) is 6.87. The van der Waals surface area contributed by atoms with Crippen LogP contribution in [-0.2, 0) is 24.1 Å². The number of carbonyl (C=O) groups is 2. The smallest absolute Gasteiger partial charge is 0.260 e. The minimum Gasteiger partial charge on any atom is -0.606 e. The molecule has 0 bridgehead atoms. The van der Waals surface area contributed by atoms with Crippen molar-refractivity contribution in [3.63, 3.8) is 0 Å². The predicted molar refractivity (Wildman–Crippen MR) is 165 cm³/mol. The van der Waals surface area contributed by atoms with Gasteiger partial charge in [0.25, 0.3) is 11.8 Å². The maximum absolute atomic E-state index is 13.1. The number of nitrogens with zero attached hydrogens (tertiary/aromatic N) is 2. The van der Waals surface area contributed by atoms with E-state index in [4.69, 9.17) is 0 Å². The largest absolute Gasteiger partial charge is 0.606 e. The summed E-state index contributed by atoms with van der Waals surface area (Å²) in [7, 11) is 2.17. The number of rotatable bonds is 10. The Morgan fingerprint density at radius 1 is 1.07 bits per heavy atom. The first-order chi connectivity index (χ1) is 19.8. The number of aryl methyl sites for hydroxylation is 1. The first-order valence-electron chi connectivity index (χ1n) is 13.8. The molecule has 0 saturated heterocycles. The zero-order valence-electron chi connectivity index (χ0n) is 23.5. The van der Waals surface area contributed by atoms with E-state index < -0.39 is 11.2 Å². The standard InChI is InChI=1S/C32H34N4O3S2/c1-21(2)36(3)17-7-6-8-22-11-13-23(14-12-22)32-34-20-25(40-32)19-33-30(37)24-15-16-29-27(18-24)35-31(38)26-9-4-5-10-28(26)41(29)39/h4-5,9-16,18,20-21H,6-8,17,19H2,1-3H3,(H,33,37)(H,35,38). The van der Waals surface area contributed by atoms with Crippen LogP contribution in [0.5, 0.6) is 0 Å². The van der Waals surface area contributed by atoms with Gasteiger partial charge in [-0.25, -0.2) is 4.98 Å². The highest BCUT2D eigenvalue weighted by molar-refractivity contribution is 7.91. The van der Waals surface area contributed by atoms with Gasteiger partial charge in [-0.3, -0.25) is 9.59 Å². The number of benzene rings is 3. The van der Waals surface area contributed by atoms with E-state index in [0.29, 0.717) is 39.2 Å². The van der Waals surface area contributed by atoms with Crippen molar-refractivity contribution in [2.75, 3.05) is 18.9 Å². The van der Waals surface area contributed by atoms with Crippen molar-refractivity contribution in [1.29, 1.82) is 0 Å². The van der Waals surface area contributed by atoms with Gasteiger partial charge in [-0.15, -0.1) is 11.3 Å². The van der Waals surface area contributed by atoms with E-state index in [0.717, 1.165) is 28.4 Å². The molecule has 1 aromatic heterocycles. The molecule has 1 atom stereocenters. The number of aromatic nitrogens is 1. The summed E-state index contributed by atoms with van der Waals surface area (Å²) in [5.74, 6) is -0.626. The molecule has 5 rings (SSSR count). The number of fused-ring (bicyclic) bond motifs is 2. The number of hydrogen-bond donors (Lipinski definition) is 2. The molecule has 2 heterocycles. The van der Waals surface area contributed by atoms with Crippen LogP contribution >= 0.6 is 11.3 Å². The highest BCUT2D eigenvalue weighted by atomic mass is 32.2. The molecular weight excluding hydrogens is 553 g/mol. The third-order valence-electron chi connectivity index (χ3n) is 7.31. The molecule has 2 N–H and O–H groups in total. The van der Waals surface area contributed by atoms with Gasteiger partial charge >= 0.3 is 0 Å². The van der Waals surface area contributed by atoms with Crippen LogP contribution in [0, 0.1) is 0 Å². The lowest BCUT2D eigenvalue weighted by atomic mass is 10.1. The molecule has 0 spiro atoms. The Morgan fingerprint density at radius 3 is 2.63 bits per heavy atom. The van der Waals surface area contributed by atoms with Gasteiger partial charge in [0.05, 0.1) is 17.8 Å².